The average molecular weight is 255 g/mol. The molecule has 0 saturated heterocycles. The molecular formula is C14H19F2NO. The van der Waals surface area contributed by atoms with E-state index in [0.29, 0.717) is 18.4 Å². The molecule has 0 aromatic heterocycles. The van der Waals surface area contributed by atoms with Crippen molar-refractivity contribution >= 4 is 0 Å². The van der Waals surface area contributed by atoms with Crippen molar-refractivity contribution in [3.05, 3.63) is 35.9 Å². The minimum Gasteiger partial charge on any atom is -0.372 e. The number of ether oxygens (including phenoxy) is 1. The van der Waals surface area contributed by atoms with Crippen LogP contribution in [-0.4, -0.2) is 24.9 Å². The molecule has 1 aliphatic rings. The van der Waals surface area contributed by atoms with Gasteiger partial charge >= 0.3 is 0 Å². The van der Waals surface area contributed by atoms with Crippen LogP contribution in [0.1, 0.15) is 31.0 Å². The van der Waals surface area contributed by atoms with Crippen LogP contribution in [0.5, 0.6) is 0 Å². The number of rotatable bonds is 4. The molecule has 1 aromatic carbocycles. The van der Waals surface area contributed by atoms with Crippen LogP contribution >= 0.6 is 0 Å². The summed E-state index contributed by atoms with van der Waals surface area (Å²) in [6, 6.07) is 8.71. The molecule has 18 heavy (non-hydrogen) atoms. The van der Waals surface area contributed by atoms with Crippen molar-refractivity contribution in [3.8, 4) is 0 Å². The molecule has 4 heteroatoms. The van der Waals surface area contributed by atoms with Gasteiger partial charge in [-0.2, -0.15) is 0 Å². The number of hydrogen-bond acceptors (Lipinski definition) is 2. The third kappa shape index (κ3) is 3.50. The Hall–Kier alpha value is -1.00. The Bertz CT molecular complexity index is 360. The molecule has 0 amide bonds. The Balaban J connectivity index is 1.81. The van der Waals surface area contributed by atoms with E-state index in [1.54, 1.807) is 24.3 Å². The van der Waals surface area contributed by atoms with Gasteiger partial charge in [-0.3, -0.25) is 0 Å². The van der Waals surface area contributed by atoms with Crippen LogP contribution in [0.15, 0.2) is 30.3 Å². The van der Waals surface area contributed by atoms with Crippen LogP contribution in [0, 0.1) is 0 Å². The van der Waals surface area contributed by atoms with Gasteiger partial charge in [0, 0.05) is 6.04 Å². The first-order valence-electron chi connectivity index (χ1n) is 6.37. The van der Waals surface area contributed by atoms with Crippen LogP contribution in [0.3, 0.4) is 0 Å². The number of halogens is 2. The van der Waals surface area contributed by atoms with Gasteiger partial charge in [-0.1, -0.05) is 30.3 Å². The van der Waals surface area contributed by atoms with E-state index in [-0.39, 0.29) is 12.6 Å². The van der Waals surface area contributed by atoms with Crippen LogP contribution in [0.2, 0.25) is 0 Å². The second-order valence-corrected chi connectivity index (χ2v) is 4.84. The Labute approximate surface area is 106 Å². The zero-order valence-electron chi connectivity index (χ0n) is 10.3. The fourth-order valence-electron chi connectivity index (χ4n) is 2.27. The van der Waals surface area contributed by atoms with Gasteiger partial charge in [-0.25, -0.2) is 8.78 Å². The lowest BCUT2D eigenvalue weighted by molar-refractivity contribution is -0.0466. The molecule has 4 unspecified atom stereocenters. The zero-order chi connectivity index (χ0) is 13.0. The summed E-state index contributed by atoms with van der Waals surface area (Å²) in [6.45, 7) is -0.0929. The van der Waals surface area contributed by atoms with Crippen LogP contribution < -0.4 is 5.73 Å². The van der Waals surface area contributed by atoms with Crippen molar-refractivity contribution in [3.63, 3.8) is 0 Å². The largest absolute Gasteiger partial charge is 0.372 e. The maximum atomic E-state index is 13.8. The predicted octanol–water partition coefficient (Wildman–Crippen LogP) is 2.93. The molecule has 2 nitrogen and oxygen atoms in total. The molecule has 2 N–H and O–H groups in total. The van der Waals surface area contributed by atoms with Gasteiger partial charge in [0.25, 0.3) is 0 Å². The summed E-state index contributed by atoms with van der Waals surface area (Å²) in [5.41, 5.74) is 6.23. The molecule has 0 bridgehead atoms. The van der Waals surface area contributed by atoms with E-state index in [9.17, 15) is 8.78 Å². The first-order valence-corrected chi connectivity index (χ1v) is 6.37. The zero-order valence-corrected chi connectivity index (χ0v) is 10.3. The molecule has 0 heterocycles. The Kier molecular flexibility index (Phi) is 4.66. The van der Waals surface area contributed by atoms with Gasteiger partial charge in [-0.05, 0) is 24.8 Å². The lowest BCUT2D eigenvalue weighted by atomic mass is 9.92. The molecule has 1 fully saturated rings. The molecular weight excluding hydrogens is 236 g/mol. The van der Waals surface area contributed by atoms with Gasteiger partial charge in [-0.15, -0.1) is 0 Å². The molecule has 2 rings (SSSR count). The highest BCUT2D eigenvalue weighted by Gasteiger charge is 2.30. The summed E-state index contributed by atoms with van der Waals surface area (Å²) < 4.78 is 32.8. The SMILES string of the molecule is NC1CCC(OCC(F)c2ccccc2)C(F)C1. The summed E-state index contributed by atoms with van der Waals surface area (Å²) in [7, 11) is 0. The smallest absolute Gasteiger partial charge is 0.148 e. The fraction of sp³-hybridized carbons (Fsp3) is 0.571. The number of benzene rings is 1. The van der Waals surface area contributed by atoms with Crippen molar-refractivity contribution in [1.29, 1.82) is 0 Å². The van der Waals surface area contributed by atoms with E-state index < -0.39 is 18.4 Å². The normalized spacial score (nSPS) is 30.1. The summed E-state index contributed by atoms with van der Waals surface area (Å²) in [5.74, 6) is 0. The van der Waals surface area contributed by atoms with E-state index in [0.717, 1.165) is 6.42 Å². The summed E-state index contributed by atoms with van der Waals surface area (Å²) in [5, 5.41) is 0. The quantitative estimate of drug-likeness (QED) is 0.897. The second kappa shape index (κ2) is 6.25. The minimum atomic E-state index is -1.20. The van der Waals surface area contributed by atoms with Gasteiger partial charge in [0.15, 0.2) is 0 Å². The van der Waals surface area contributed by atoms with Gasteiger partial charge < -0.3 is 10.5 Å². The maximum Gasteiger partial charge on any atom is 0.148 e. The molecule has 1 saturated carbocycles. The highest BCUT2D eigenvalue weighted by molar-refractivity contribution is 5.17. The molecule has 0 spiro atoms. The molecule has 1 aromatic rings. The fourth-order valence-corrected chi connectivity index (χ4v) is 2.27. The lowest BCUT2D eigenvalue weighted by Crippen LogP contribution is -2.39. The molecule has 0 aliphatic heterocycles. The highest BCUT2D eigenvalue weighted by Crippen LogP contribution is 2.25. The average Bonchev–Trinajstić information content (AvgIpc) is 2.38. The number of nitrogens with two attached hydrogens (primary N) is 1. The van der Waals surface area contributed by atoms with Crippen LogP contribution in [-0.2, 0) is 4.74 Å². The molecule has 1 aliphatic carbocycles. The Morgan fingerprint density at radius 2 is 2.00 bits per heavy atom. The topological polar surface area (TPSA) is 35.2 Å². The Morgan fingerprint density at radius 1 is 1.28 bits per heavy atom. The predicted molar refractivity (Wildman–Crippen MR) is 66.8 cm³/mol. The van der Waals surface area contributed by atoms with Crippen molar-refractivity contribution in [2.24, 2.45) is 5.73 Å². The third-order valence-electron chi connectivity index (χ3n) is 3.37. The van der Waals surface area contributed by atoms with Crippen molar-refractivity contribution in [1.82, 2.24) is 0 Å². The standard InChI is InChI=1S/C14H19F2NO/c15-12-8-11(17)6-7-14(12)18-9-13(16)10-4-2-1-3-5-10/h1-5,11-14H,6-9,17H2. The first-order chi connectivity index (χ1) is 8.66. The van der Waals surface area contributed by atoms with Crippen molar-refractivity contribution in [2.45, 2.75) is 43.8 Å². The lowest BCUT2D eigenvalue weighted by Gasteiger charge is -2.30. The first kappa shape index (κ1) is 13.4. The van der Waals surface area contributed by atoms with Gasteiger partial charge in [0.1, 0.15) is 12.3 Å². The molecule has 4 atom stereocenters. The third-order valence-corrected chi connectivity index (χ3v) is 3.37. The molecule has 100 valence electrons. The van der Waals surface area contributed by atoms with Crippen molar-refractivity contribution in [2.75, 3.05) is 6.61 Å². The van der Waals surface area contributed by atoms with E-state index in [4.69, 9.17) is 10.5 Å². The van der Waals surface area contributed by atoms with E-state index in [1.165, 1.54) is 0 Å². The van der Waals surface area contributed by atoms with Crippen molar-refractivity contribution < 1.29 is 13.5 Å². The van der Waals surface area contributed by atoms with Crippen LogP contribution in [0.4, 0.5) is 8.78 Å². The van der Waals surface area contributed by atoms with Gasteiger partial charge in [0.2, 0.25) is 0 Å². The highest BCUT2D eigenvalue weighted by atomic mass is 19.1. The summed E-state index contributed by atoms with van der Waals surface area (Å²) in [4.78, 5) is 0. The summed E-state index contributed by atoms with van der Waals surface area (Å²) >= 11 is 0. The van der Waals surface area contributed by atoms with Crippen LogP contribution in [0.25, 0.3) is 0 Å². The molecule has 0 radical (unpaired) electrons. The van der Waals surface area contributed by atoms with E-state index in [2.05, 4.69) is 0 Å². The van der Waals surface area contributed by atoms with E-state index >= 15 is 0 Å². The Morgan fingerprint density at radius 3 is 2.67 bits per heavy atom. The number of hydrogen-bond donors (Lipinski definition) is 1. The second-order valence-electron chi connectivity index (χ2n) is 4.84. The van der Waals surface area contributed by atoms with E-state index in [1.807, 2.05) is 6.07 Å². The summed E-state index contributed by atoms with van der Waals surface area (Å²) in [6.07, 6.45) is -1.15. The van der Waals surface area contributed by atoms with Gasteiger partial charge in [0.05, 0.1) is 12.7 Å². The minimum absolute atomic E-state index is 0.0878. The number of alkyl halides is 2. The maximum absolute atomic E-state index is 13.8. The monoisotopic (exact) mass is 255 g/mol.